The first-order chi connectivity index (χ1) is 22.8. The van der Waals surface area contributed by atoms with Gasteiger partial charge in [0.25, 0.3) is 0 Å². The lowest BCUT2D eigenvalue weighted by atomic mass is 9.62. The summed E-state index contributed by atoms with van der Waals surface area (Å²) < 4.78 is 44.3. The summed E-state index contributed by atoms with van der Waals surface area (Å²) in [7, 11) is 0. The van der Waals surface area contributed by atoms with Gasteiger partial charge in [-0.25, -0.2) is 8.78 Å². The molecule has 11 rings (SSSR count). The number of ether oxygens (including phenoxy) is 2. The van der Waals surface area contributed by atoms with Gasteiger partial charge in [-0.15, -0.1) is 0 Å². The van der Waals surface area contributed by atoms with E-state index in [0.717, 1.165) is 56.0 Å². The Balaban J connectivity index is 1.21. The number of halogens is 3. The number of piperidine rings is 1. The SMILES string of the molecule is O[C@@H]1CN2CC3(CC(C3)OCCCCc3c(Cl)cc4[nH]ncc4c3-c3ncc4c2nc(OC[C@@]25CCCN2C[C@H](F)C5)nc4c3F)C1. The van der Waals surface area contributed by atoms with Crippen LogP contribution >= 0.6 is 11.6 Å². The molecule has 0 radical (unpaired) electrons. The molecule has 47 heavy (non-hydrogen) atoms. The molecule has 4 aromatic rings. The van der Waals surface area contributed by atoms with E-state index in [9.17, 15) is 9.50 Å². The largest absolute Gasteiger partial charge is 0.461 e. The van der Waals surface area contributed by atoms with E-state index in [1.54, 1.807) is 12.4 Å². The Morgan fingerprint density at radius 2 is 2.00 bits per heavy atom. The van der Waals surface area contributed by atoms with Crippen molar-refractivity contribution in [2.75, 3.05) is 44.3 Å². The second kappa shape index (κ2) is 11.2. The molecule has 4 fully saturated rings. The van der Waals surface area contributed by atoms with Crippen molar-refractivity contribution in [1.82, 2.24) is 30.0 Å². The van der Waals surface area contributed by atoms with Crippen molar-refractivity contribution in [3.05, 3.63) is 34.9 Å². The molecule has 13 heteroatoms. The number of aromatic nitrogens is 5. The van der Waals surface area contributed by atoms with Crippen LogP contribution in [-0.4, -0.2) is 98.5 Å². The number of nitrogens with one attached hydrogen (secondary N) is 1. The van der Waals surface area contributed by atoms with Gasteiger partial charge in [-0.1, -0.05) is 11.6 Å². The monoisotopic (exact) mass is 665 g/mol. The summed E-state index contributed by atoms with van der Waals surface area (Å²) in [6, 6.07) is 1.87. The molecule has 9 heterocycles. The molecule has 1 saturated carbocycles. The van der Waals surface area contributed by atoms with Gasteiger partial charge >= 0.3 is 6.01 Å². The average molecular weight is 666 g/mol. The van der Waals surface area contributed by atoms with E-state index in [-0.39, 0.29) is 35.3 Å². The van der Waals surface area contributed by atoms with Crippen LogP contribution in [0.4, 0.5) is 14.6 Å². The zero-order valence-electron chi connectivity index (χ0n) is 26.2. The normalized spacial score (nSPS) is 30.9. The number of nitrogens with zero attached hydrogens (tertiary/aromatic N) is 6. The molecule has 0 amide bonds. The van der Waals surface area contributed by atoms with Crippen molar-refractivity contribution in [3.63, 3.8) is 0 Å². The summed E-state index contributed by atoms with van der Waals surface area (Å²) in [5.41, 5.74) is 1.75. The highest BCUT2D eigenvalue weighted by Gasteiger charge is 2.51. The number of aliphatic hydroxyl groups excluding tert-OH is 1. The van der Waals surface area contributed by atoms with Crippen molar-refractivity contribution in [1.29, 1.82) is 0 Å². The lowest BCUT2D eigenvalue weighted by Crippen LogP contribution is -2.57. The third kappa shape index (κ3) is 4.97. The van der Waals surface area contributed by atoms with E-state index < -0.39 is 23.6 Å². The third-order valence-corrected chi connectivity index (χ3v) is 11.7. The van der Waals surface area contributed by atoms with Gasteiger partial charge in [0.05, 0.1) is 34.8 Å². The molecule has 6 aliphatic heterocycles. The van der Waals surface area contributed by atoms with E-state index in [1.165, 1.54) is 0 Å². The van der Waals surface area contributed by atoms with Crippen LogP contribution in [0, 0.1) is 11.2 Å². The standard InChI is InChI=1S/C34H38ClF2N7O3/c35-25-8-26-23(14-39-42-26)27-22(25)4-1-2-7-46-21-11-33(12-21)10-20(45)16-43(17-33)31-24-13-38-30(27)28(37)29(24)40-32(41-31)47-18-34-5-3-6-44(34)15-19(36)9-34/h8,13-14,19-21,45H,1-7,9-12,15-18H2,(H,39,42)/t19-,20+,21?,33?,34+/m1/s1. The molecule has 3 aromatic heterocycles. The van der Waals surface area contributed by atoms with Crippen LogP contribution in [0.2, 0.25) is 5.02 Å². The van der Waals surface area contributed by atoms with Gasteiger partial charge in [-0.05, 0) is 75.0 Å². The Bertz CT molecular complexity index is 1870. The highest BCUT2D eigenvalue weighted by Crippen LogP contribution is 2.50. The molecule has 1 aromatic carbocycles. The van der Waals surface area contributed by atoms with Gasteiger partial charge in [0.15, 0.2) is 5.82 Å². The Morgan fingerprint density at radius 1 is 1.11 bits per heavy atom. The van der Waals surface area contributed by atoms with E-state index in [2.05, 4.69) is 20.1 Å². The van der Waals surface area contributed by atoms with Gasteiger partial charge in [0.1, 0.15) is 29.8 Å². The molecule has 10 nitrogen and oxygen atoms in total. The van der Waals surface area contributed by atoms with Crippen molar-refractivity contribution in [2.24, 2.45) is 5.41 Å². The minimum Gasteiger partial charge on any atom is -0.461 e. The van der Waals surface area contributed by atoms with Gasteiger partial charge in [0, 0.05) is 54.8 Å². The number of alkyl halides is 1. The maximum absolute atomic E-state index is 17.1. The molecule has 1 aliphatic carbocycles. The Labute approximate surface area is 275 Å². The molecule has 7 aliphatic rings. The third-order valence-electron chi connectivity index (χ3n) is 11.3. The fourth-order valence-electron chi connectivity index (χ4n) is 9.25. The quantitative estimate of drug-likeness (QED) is 0.298. The van der Waals surface area contributed by atoms with Gasteiger partial charge < -0.3 is 19.5 Å². The maximum atomic E-state index is 17.1. The van der Waals surface area contributed by atoms with Crippen LogP contribution in [0.5, 0.6) is 6.01 Å². The highest BCUT2D eigenvalue weighted by atomic mass is 35.5. The number of benzene rings is 1. The second-order valence-electron chi connectivity index (χ2n) is 14.5. The van der Waals surface area contributed by atoms with Crippen molar-refractivity contribution < 1.29 is 23.4 Å². The summed E-state index contributed by atoms with van der Waals surface area (Å²) in [4.78, 5) is 18.5. The number of H-pyrrole nitrogens is 1. The van der Waals surface area contributed by atoms with Gasteiger partial charge in [0.2, 0.25) is 0 Å². The number of hydrogen-bond donors (Lipinski definition) is 2. The topological polar surface area (TPSA) is 113 Å². The second-order valence-corrected chi connectivity index (χ2v) is 14.9. The Morgan fingerprint density at radius 3 is 2.89 bits per heavy atom. The fourth-order valence-corrected chi connectivity index (χ4v) is 9.55. The van der Waals surface area contributed by atoms with Crippen molar-refractivity contribution in [2.45, 2.75) is 81.7 Å². The number of pyridine rings is 1. The van der Waals surface area contributed by atoms with Crippen LogP contribution in [0.1, 0.15) is 56.9 Å². The molecule has 3 saturated heterocycles. The summed E-state index contributed by atoms with van der Waals surface area (Å²) in [6.07, 6.45) is 8.81. The van der Waals surface area contributed by atoms with Crippen LogP contribution < -0.4 is 9.64 Å². The first-order valence-corrected chi connectivity index (χ1v) is 17.3. The summed E-state index contributed by atoms with van der Waals surface area (Å²) >= 11 is 6.85. The molecule has 0 unspecified atom stereocenters. The lowest BCUT2D eigenvalue weighted by Gasteiger charge is -2.54. The number of aromatic amines is 1. The molecular weight excluding hydrogens is 628 g/mol. The zero-order valence-corrected chi connectivity index (χ0v) is 26.9. The molecule has 7 bridgehead atoms. The molecule has 2 N–H and O–H groups in total. The van der Waals surface area contributed by atoms with E-state index in [1.807, 2.05) is 11.0 Å². The van der Waals surface area contributed by atoms with E-state index in [4.69, 9.17) is 31.0 Å². The van der Waals surface area contributed by atoms with Gasteiger partial charge in [-0.2, -0.15) is 15.1 Å². The summed E-state index contributed by atoms with van der Waals surface area (Å²) in [5, 5.41) is 20.0. The highest BCUT2D eigenvalue weighted by molar-refractivity contribution is 6.33. The smallest absolute Gasteiger partial charge is 0.319 e. The summed E-state index contributed by atoms with van der Waals surface area (Å²) in [6.45, 7) is 3.07. The predicted molar refractivity (Wildman–Crippen MR) is 173 cm³/mol. The number of rotatable bonds is 3. The molecule has 248 valence electrons. The van der Waals surface area contributed by atoms with E-state index in [0.29, 0.717) is 72.8 Å². The fraction of sp³-hybridized carbons (Fsp3) is 0.588. The van der Waals surface area contributed by atoms with Crippen molar-refractivity contribution >= 4 is 39.2 Å². The maximum Gasteiger partial charge on any atom is 0.319 e. The van der Waals surface area contributed by atoms with Crippen LogP contribution in [0.25, 0.3) is 33.1 Å². The Kier molecular flexibility index (Phi) is 7.12. The van der Waals surface area contributed by atoms with Gasteiger partial charge in [-0.3, -0.25) is 15.0 Å². The number of anilines is 1. The lowest BCUT2D eigenvalue weighted by molar-refractivity contribution is -0.102. The minimum atomic E-state index is -0.901. The Hall–Kier alpha value is -3.19. The van der Waals surface area contributed by atoms with E-state index >= 15 is 4.39 Å². The number of hydrogen-bond acceptors (Lipinski definition) is 9. The van der Waals surface area contributed by atoms with Crippen LogP contribution in [-0.2, 0) is 11.2 Å². The molecule has 1 spiro atoms. The van der Waals surface area contributed by atoms with Crippen molar-refractivity contribution in [3.8, 4) is 17.3 Å². The predicted octanol–water partition coefficient (Wildman–Crippen LogP) is 5.39. The minimum absolute atomic E-state index is 0.0358. The zero-order chi connectivity index (χ0) is 31.9. The number of fused-ring (bicyclic) bond motifs is 2. The molecule has 3 atom stereocenters. The average Bonchev–Trinajstić information content (AvgIpc) is 3.72. The first kappa shape index (κ1) is 29.9. The van der Waals surface area contributed by atoms with Crippen LogP contribution in [0.3, 0.4) is 0 Å². The number of aliphatic hydroxyl groups is 1. The first-order valence-electron chi connectivity index (χ1n) is 16.9. The summed E-state index contributed by atoms with van der Waals surface area (Å²) in [5.74, 6) is -0.124. The molecular formula is C34H38ClF2N7O3. The van der Waals surface area contributed by atoms with Crippen LogP contribution in [0.15, 0.2) is 18.5 Å².